The molecule has 4 rings (SSSR count). The largest absolute Gasteiger partial charge is 0.353 e. The molecule has 1 aliphatic rings. The van der Waals surface area contributed by atoms with Crippen molar-refractivity contribution in [3.8, 4) is 0 Å². The Morgan fingerprint density at radius 2 is 1.95 bits per heavy atom. The topological polar surface area (TPSA) is 85.7 Å². The van der Waals surface area contributed by atoms with Gasteiger partial charge in [0.15, 0.2) is 0 Å². The molecule has 204 valence electrons. The number of nitrogens with one attached hydrogen (secondary N) is 2. The van der Waals surface area contributed by atoms with Gasteiger partial charge in [-0.3, -0.25) is 19.3 Å². The molecule has 0 aliphatic carbocycles. The Labute approximate surface area is 219 Å². The fourth-order valence-corrected chi connectivity index (χ4v) is 4.48. The van der Waals surface area contributed by atoms with Crippen LogP contribution in [-0.2, 0) is 29.2 Å². The fourth-order valence-electron chi connectivity index (χ4n) is 4.48. The summed E-state index contributed by atoms with van der Waals surface area (Å²) in [4.78, 5) is 27.7. The standard InChI is InChI=1S/C26H32F3N7O2/c1-3-30-9-10-31-25(37)16-34(20-7-8-23-19(11-20)12-32-36(23)15-24(28)29)17-26(38)33(2)35-13-18-5-4-6-22(27)21(18)14-35/h4-8,11-12,24,30H,3,9-10,13-17H2,1-2H3,(H,31,37). The van der Waals surface area contributed by atoms with E-state index in [1.807, 2.05) is 13.0 Å². The van der Waals surface area contributed by atoms with Crippen LogP contribution < -0.4 is 15.5 Å². The minimum atomic E-state index is -2.54. The summed E-state index contributed by atoms with van der Waals surface area (Å²) in [5.74, 6) is -0.850. The average molecular weight is 532 g/mol. The van der Waals surface area contributed by atoms with Gasteiger partial charge in [-0.15, -0.1) is 0 Å². The molecule has 1 aliphatic heterocycles. The molecule has 3 aromatic rings. The molecule has 0 atom stereocenters. The van der Waals surface area contributed by atoms with Gasteiger partial charge in [-0.2, -0.15) is 5.10 Å². The van der Waals surface area contributed by atoms with E-state index < -0.39 is 13.0 Å². The first-order valence-electron chi connectivity index (χ1n) is 12.5. The second-order valence-corrected chi connectivity index (χ2v) is 9.14. The first-order chi connectivity index (χ1) is 18.3. The predicted molar refractivity (Wildman–Crippen MR) is 138 cm³/mol. The number of halogens is 3. The molecule has 0 spiro atoms. The number of anilines is 1. The molecule has 9 nitrogen and oxygen atoms in total. The van der Waals surface area contributed by atoms with Crippen molar-refractivity contribution in [2.75, 3.05) is 44.7 Å². The fraction of sp³-hybridized carbons (Fsp3) is 0.423. The summed E-state index contributed by atoms with van der Waals surface area (Å²) in [6.45, 7) is 3.74. The minimum absolute atomic E-state index is 0.0861. The van der Waals surface area contributed by atoms with E-state index in [9.17, 15) is 22.8 Å². The number of likely N-dealkylation sites (N-methyl/N-ethyl adjacent to an activating group) is 2. The second-order valence-electron chi connectivity index (χ2n) is 9.14. The molecule has 1 aromatic heterocycles. The maximum atomic E-state index is 14.2. The maximum absolute atomic E-state index is 14.2. The Morgan fingerprint density at radius 3 is 2.68 bits per heavy atom. The number of alkyl halides is 2. The van der Waals surface area contributed by atoms with E-state index in [-0.39, 0.29) is 37.3 Å². The molecular formula is C26H32F3N7O2. The van der Waals surface area contributed by atoms with Crippen LogP contribution in [0.2, 0.25) is 0 Å². The molecule has 0 saturated heterocycles. The number of hydrogen-bond acceptors (Lipinski definition) is 6. The number of rotatable bonds is 12. The summed E-state index contributed by atoms with van der Waals surface area (Å²) in [5.41, 5.74) is 2.50. The molecule has 38 heavy (non-hydrogen) atoms. The summed E-state index contributed by atoms with van der Waals surface area (Å²) in [6.07, 6.45) is -1.06. The summed E-state index contributed by atoms with van der Waals surface area (Å²) >= 11 is 0. The third kappa shape index (κ3) is 6.43. The smallest absolute Gasteiger partial charge is 0.257 e. The summed E-state index contributed by atoms with van der Waals surface area (Å²) in [7, 11) is 1.62. The van der Waals surface area contributed by atoms with Gasteiger partial charge in [0.05, 0.1) is 24.8 Å². The van der Waals surface area contributed by atoms with E-state index in [0.29, 0.717) is 41.8 Å². The van der Waals surface area contributed by atoms with Gasteiger partial charge >= 0.3 is 0 Å². The Hall–Kier alpha value is -3.64. The molecule has 0 bridgehead atoms. The predicted octanol–water partition coefficient (Wildman–Crippen LogP) is 2.36. The molecule has 2 N–H and O–H groups in total. The van der Waals surface area contributed by atoms with Gasteiger partial charge in [0, 0.05) is 49.9 Å². The normalized spacial score (nSPS) is 13.2. The van der Waals surface area contributed by atoms with Crippen LogP contribution in [0.15, 0.2) is 42.6 Å². The van der Waals surface area contributed by atoms with Gasteiger partial charge in [0.2, 0.25) is 5.91 Å². The Bertz CT molecular complexity index is 1280. The number of benzene rings is 2. The lowest BCUT2D eigenvalue weighted by Gasteiger charge is -2.31. The van der Waals surface area contributed by atoms with Gasteiger partial charge in [-0.1, -0.05) is 19.1 Å². The van der Waals surface area contributed by atoms with Gasteiger partial charge in [0.1, 0.15) is 12.4 Å². The van der Waals surface area contributed by atoms with E-state index in [1.165, 1.54) is 22.0 Å². The second kappa shape index (κ2) is 12.3. The van der Waals surface area contributed by atoms with Gasteiger partial charge < -0.3 is 15.5 Å². The summed E-state index contributed by atoms with van der Waals surface area (Å²) < 4.78 is 41.2. The van der Waals surface area contributed by atoms with Crippen LogP contribution in [0.1, 0.15) is 18.1 Å². The van der Waals surface area contributed by atoms with Crippen LogP contribution in [0, 0.1) is 5.82 Å². The number of nitrogens with zero attached hydrogens (tertiary/aromatic N) is 5. The van der Waals surface area contributed by atoms with Crippen molar-refractivity contribution in [1.29, 1.82) is 0 Å². The summed E-state index contributed by atoms with van der Waals surface area (Å²) in [6, 6.07) is 9.96. The quantitative estimate of drug-likeness (QED) is 0.349. The van der Waals surface area contributed by atoms with Crippen molar-refractivity contribution in [1.82, 2.24) is 30.4 Å². The third-order valence-electron chi connectivity index (χ3n) is 6.53. The zero-order valence-corrected chi connectivity index (χ0v) is 21.5. The van der Waals surface area contributed by atoms with Crippen LogP contribution in [0.3, 0.4) is 0 Å². The lowest BCUT2D eigenvalue weighted by Crippen LogP contribution is -2.48. The number of fused-ring (bicyclic) bond motifs is 2. The van der Waals surface area contributed by atoms with E-state index in [0.717, 1.165) is 12.1 Å². The van der Waals surface area contributed by atoms with Gasteiger partial charge in [0.25, 0.3) is 12.3 Å². The molecule has 0 fully saturated rings. The van der Waals surface area contributed by atoms with Crippen molar-refractivity contribution in [2.45, 2.75) is 33.0 Å². The van der Waals surface area contributed by atoms with Crippen molar-refractivity contribution >= 4 is 28.4 Å². The van der Waals surface area contributed by atoms with Gasteiger partial charge in [-0.05, 0) is 36.4 Å². The first-order valence-corrected chi connectivity index (χ1v) is 12.5. The SMILES string of the molecule is CCNCCNC(=O)CN(CC(=O)N(C)N1Cc2cccc(F)c2C1)c1ccc2c(cnn2CC(F)F)c1. The molecule has 2 aromatic carbocycles. The van der Waals surface area contributed by atoms with Crippen molar-refractivity contribution in [2.24, 2.45) is 0 Å². The number of carbonyl (C=O) groups is 2. The lowest BCUT2D eigenvalue weighted by atomic mass is 10.1. The van der Waals surface area contributed by atoms with Crippen LogP contribution in [-0.4, -0.2) is 77.8 Å². The molecule has 2 amide bonds. The monoisotopic (exact) mass is 531 g/mol. The first kappa shape index (κ1) is 27.4. The van der Waals surface area contributed by atoms with E-state index >= 15 is 0 Å². The molecule has 0 saturated carbocycles. The Balaban J connectivity index is 1.50. The average Bonchev–Trinajstić information content (AvgIpc) is 3.50. The number of aromatic nitrogens is 2. The van der Waals surface area contributed by atoms with Crippen LogP contribution >= 0.6 is 0 Å². The van der Waals surface area contributed by atoms with Crippen molar-refractivity contribution in [3.63, 3.8) is 0 Å². The zero-order chi connectivity index (χ0) is 27.2. The lowest BCUT2D eigenvalue weighted by molar-refractivity contribution is -0.145. The number of carbonyl (C=O) groups excluding carboxylic acids is 2. The van der Waals surface area contributed by atoms with Crippen LogP contribution in [0.4, 0.5) is 18.9 Å². The number of hydrogen-bond donors (Lipinski definition) is 2. The zero-order valence-electron chi connectivity index (χ0n) is 21.5. The third-order valence-corrected chi connectivity index (χ3v) is 6.53. The molecule has 2 heterocycles. The molecule has 0 unspecified atom stereocenters. The minimum Gasteiger partial charge on any atom is -0.353 e. The molecule has 0 radical (unpaired) electrons. The van der Waals surface area contributed by atoms with Gasteiger partial charge in [-0.25, -0.2) is 18.2 Å². The Morgan fingerprint density at radius 1 is 1.13 bits per heavy atom. The van der Waals surface area contributed by atoms with Crippen LogP contribution in [0.25, 0.3) is 10.9 Å². The molecular weight excluding hydrogens is 499 g/mol. The maximum Gasteiger partial charge on any atom is 0.257 e. The van der Waals surface area contributed by atoms with Crippen molar-refractivity contribution in [3.05, 3.63) is 59.5 Å². The highest BCUT2D eigenvalue weighted by atomic mass is 19.3. The van der Waals surface area contributed by atoms with Crippen molar-refractivity contribution < 1.29 is 22.8 Å². The number of amides is 2. The number of hydrazine groups is 1. The van der Waals surface area contributed by atoms with E-state index in [1.54, 1.807) is 41.2 Å². The van der Waals surface area contributed by atoms with E-state index in [2.05, 4.69) is 15.7 Å². The highest BCUT2D eigenvalue weighted by molar-refractivity contribution is 5.89. The summed E-state index contributed by atoms with van der Waals surface area (Å²) in [5, 5.41) is 13.8. The molecule has 12 heteroatoms. The van der Waals surface area contributed by atoms with Crippen LogP contribution in [0.5, 0.6) is 0 Å². The van der Waals surface area contributed by atoms with E-state index in [4.69, 9.17) is 0 Å². The highest BCUT2D eigenvalue weighted by Gasteiger charge is 2.28. The highest BCUT2D eigenvalue weighted by Crippen LogP contribution is 2.27. The Kier molecular flexibility index (Phi) is 8.85.